The van der Waals surface area contributed by atoms with Gasteiger partial charge in [-0.2, -0.15) is 0 Å². The lowest BCUT2D eigenvalue weighted by Gasteiger charge is -2.44. The molecule has 6 heteroatoms. The molecule has 20 heavy (non-hydrogen) atoms. The second kappa shape index (κ2) is 6.05. The highest BCUT2D eigenvalue weighted by Crippen LogP contribution is 2.34. The molecule has 1 saturated heterocycles. The van der Waals surface area contributed by atoms with Gasteiger partial charge in [-0.25, -0.2) is 8.78 Å². The van der Waals surface area contributed by atoms with Crippen LogP contribution in [0.15, 0.2) is 16.6 Å². The van der Waals surface area contributed by atoms with Gasteiger partial charge in [0.05, 0.1) is 23.7 Å². The predicted octanol–water partition coefficient (Wildman–Crippen LogP) is 2.84. The lowest BCUT2D eigenvalue weighted by molar-refractivity contribution is -0.0197. The van der Waals surface area contributed by atoms with Gasteiger partial charge < -0.3 is 10.5 Å². The van der Waals surface area contributed by atoms with E-state index in [0.717, 1.165) is 0 Å². The second-order valence-electron chi connectivity index (χ2n) is 5.49. The molecule has 2 N–H and O–H groups in total. The van der Waals surface area contributed by atoms with Gasteiger partial charge in [-0.05, 0) is 41.9 Å². The first-order valence-electron chi connectivity index (χ1n) is 6.57. The number of hydrogen-bond acceptors (Lipinski definition) is 3. The van der Waals surface area contributed by atoms with Gasteiger partial charge in [0.1, 0.15) is 11.6 Å². The number of halogens is 3. The van der Waals surface area contributed by atoms with Gasteiger partial charge in [-0.1, -0.05) is 0 Å². The van der Waals surface area contributed by atoms with E-state index in [2.05, 4.69) is 20.8 Å². The van der Waals surface area contributed by atoms with Gasteiger partial charge in [0.25, 0.3) is 0 Å². The number of hydrogen-bond donors (Lipinski definition) is 1. The zero-order valence-corrected chi connectivity index (χ0v) is 13.2. The fourth-order valence-electron chi connectivity index (χ4n) is 2.52. The Kier molecular flexibility index (Phi) is 4.79. The Morgan fingerprint density at radius 3 is 2.50 bits per heavy atom. The molecule has 0 spiro atoms. The standard InChI is InChI=1S/C14H19BrF2N2O/c1-14(2,19-5-7-20-8-6-19)13(18)11-10(16)4-3-9(15)12(11)17/h3-4,13H,5-8,18H2,1-2H3. The molecule has 1 fully saturated rings. The molecule has 0 saturated carbocycles. The van der Waals surface area contributed by atoms with Crippen LogP contribution >= 0.6 is 15.9 Å². The normalized spacial score (nSPS) is 19.1. The molecule has 112 valence electrons. The van der Waals surface area contributed by atoms with E-state index in [1.165, 1.54) is 12.1 Å². The molecule has 0 radical (unpaired) electrons. The first kappa shape index (κ1) is 15.8. The van der Waals surface area contributed by atoms with Gasteiger partial charge in [-0.3, -0.25) is 4.90 Å². The molecular formula is C14H19BrF2N2O. The average Bonchev–Trinajstić information content (AvgIpc) is 2.44. The third kappa shape index (κ3) is 2.88. The summed E-state index contributed by atoms with van der Waals surface area (Å²) in [6, 6.07) is 1.82. The molecule has 2 rings (SSSR count). The van der Waals surface area contributed by atoms with Crippen molar-refractivity contribution in [3.05, 3.63) is 33.8 Å². The van der Waals surface area contributed by atoms with Crippen molar-refractivity contribution in [3.8, 4) is 0 Å². The van der Waals surface area contributed by atoms with E-state index in [1.54, 1.807) is 0 Å². The predicted molar refractivity (Wildman–Crippen MR) is 77.5 cm³/mol. The molecule has 1 unspecified atom stereocenters. The third-order valence-electron chi connectivity index (χ3n) is 3.98. The maximum Gasteiger partial charge on any atom is 0.145 e. The molecule has 0 amide bonds. The Labute approximate surface area is 126 Å². The summed E-state index contributed by atoms with van der Waals surface area (Å²) in [5.41, 5.74) is 5.55. The SMILES string of the molecule is CC(C)(C(N)c1c(F)ccc(Br)c1F)N1CCOCC1. The van der Waals surface area contributed by atoms with Gasteiger partial charge in [0, 0.05) is 24.2 Å². The van der Waals surface area contributed by atoms with Crippen molar-refractivity contribution in [2.75, 3.05) is 26.3 Å². The quantitative estimate of drug-likeness (QED) is 0.853. The zero-order valence-electron chi connectivity index (χ0n) is 11.6. The second-order valence-corrected chi connectivity index (χ2v) is 6.34. The maximum atomic E-state index is 14.2. The highest BCUT2D eigenvalue weighted by Gasteiger charge is 2.37. The van der Waals surface area contributed by atoms with Gasteiger partial charge in [0.2, 0.25) is 0 Å². The van der Waals surface area contributed by atoms with E-state index in [0.29, 0.717) is 26.3 Å². The Hall–Kier alpha value is -0.560. The van der Waals surface area contributed by atoms with Crippen LogP contribution in [0.2, 0.25) is 0 Å². The largest absolute Gasteiger partial charge is 0.379 e. The van der Waals surface area contributed by atoms with E-state index in [-0.39, 0.29) is 10.0 Å². The van der Waals surface area contributed by atoms with E-state index < -0.39 is 23.2 Å². The highest BCUT2D eigenvalue weighted by atomic mass is 79.9. The highest BCUT2D eigenvalue weighted by molar-refractivity contribution is 9.10. The Morgan fingerprint density at radius 1 is 1.30 bits per heavy atom. The summed E-state index contributed by atoms with van der Waals surface area (Å²) in [6.45, 7) is 6.45. The number of benzene rings is 1. The number of ether oxygens (including phenoxy) is 1. The molecule has 1 aromatic rings. The molecule has 1 atom stereocenters. The Bertz CT molecular complexity index is 490. The molecular weight excluding hydrogens is 330 g/mol. The Morgan fingerprint density at radius 2 is 1.90 bits per heavy atom. The van der Waals surface area contributed by atoms with Crippen molar-refractivity contribution in [1.29, 1.82) is 0 Å². The fourth-order valence-corrected chi connectivity index (χ4v) is 2.86. The number of nitrogens with two attached hydrogens (primary N) is 1. The van der Waals surface area contributed by atoms with E-state index >= 15 is 0 Å². The minimum Gasteiger partial charge on any atom is -0.379 e. The molecule has 1 heterocycles. The summed E-state index contributed by atoms with van der Waals surface area (Å²) < 4.78 is 33.7. The average molecular weight is 349 g/mol. The van der Waals surface area contributed by atoms with E-state index in [4.69, 9.17) is 10.5 Å². The Balaban J connectivity index is 2.34. The molecule has 1 aromatic carbocycles. The van der Waals surface area contributed by atoms with Crippen LogP contribution in [0.3, 0.4) is 0 Å². The van der Waals surface area contributed by atoms with Gasteiger partial charge in [0.15, 0.2) is 0 Å². The lowest BCUT2D eigenvalue weighted by atomic mass is 9.86. The molecule has 0 bridgehead atoms. The number of morpholine rings is 1. The third-order valence-corrected chi connectivity index (χ3v) is 4.59. The summed E-state index contributed by atoms with van der Waals surface area (Å²) >= 11 is 3.08. The minimum absolute atomic E-state index is 0.0733. The van der Waals surface area contributed by atoms with Crippen molar-refractivity contribution >= 4 is 15.9 Å². The monoisotopic (exact) mass is 348 g/mol. The number of rotatable bonds is 3. The van der Waals surface area contributed by atoms with E-state index in [1.807, 2.05) is 13.8 Å². The van der Waals surface area contributed by atoms with Gasteiger partial charge >= 0.3 is 0 Å². The van der Waals surface area contributed by atoms with Crippen LogP contribution in [0.1, 0.15) is 25.5 Å². The topological polar surface area (TPSA) is 38.5 Å². The zero-order chi connectivity index (χ0) is 14.9. The summed E-state index contributed by atoms with van der Waals surface area (Å²) in [5, 5.41) is 0. The molecule has 1 aliphatic rings. The van der Waals surface area contributed by atoms with Crippen LogP contribution in [-0.2, 0) is 4.74 Å². The van der Waals surface area contributed by atoms with Crippen molar-refractivity contribution < 1.29 is 13.5 Å². The van der Waals surface area contributed by atoms with Crippen LogP contribution in [0.5, 0.6) is 0 Å². The fraction of sp³-hybridized carbons (Fsp3) is 0.571. The minimum atomic E-state index is -0.766. The van der Waals surface area contributed by atoms with Crippen LogP contribution in [0.25, 0.3) is 0 Å². The van der Waals surface area contributed by atoms with Crippen molar-refractivity contribution in [3.63, 3.8) is 0 Å². The molecule has 1 aliphatic heterocycles. The summed E-state index contributed by atoms with van der Waals surface area (Å²) in [7, 11) is 0. The van der Waals surface area contributed by atoms with Crippen LogP contribution in [0.4, 0.5) is 8.78 Å². The van der Waals surface area contributed by atoms with Crippen molar-refractivity contribution in [2.24, 2.45) is 5.73 Å². The summed E-state index contributed by atoms with van der Waals surface area (Å²) in [5.74, 6) is -1.24. The smallest absolute Gasteiger partial charge is 0.145 e. The van der Waals surface area contributed by atoms with Crippen molar-refractivity contribution in [1.82, 2.24) is 4.90 Å². The van der Waals surface area contributed by atoms with Crippen molar-refractivity contribution in [2.45, 2.75) is 25.4 Å². The molecule has 3 nitrogen and oxygen atoms in total. The van der Waals surface area contributed by atoms with Crippen LogP contribution in [-0.4, -0.2) is 36.7 Å². The molecule has 0 aliphatic carbocycles. The number of nitrogens with zero attached hydrogens (tertiary/aromatic N) is 1. The lowest BCUT2D eigenvalue weighted by Crippen LogP contribution is -2.55. The van der Waals surface area contributed by atoms with E-state index in [9.17, 15) is 8.78 Å². The van der Waals surface area contributed by atoms with Crippen LogP contribution < -0.4 is 5.73 Å². The van der Waals surface area contributed by atoms with Crippen LogP contribution in [0, 0.1) is 11.6 Å². The molecule has 0 aromatic heterocycles. The summed E-state index contributed by atoms with van der Waals surface area (Å²) in [6.07, 6.45) is 0. The van der Waals surface area contributed by atoms with Gasteiger partial charge in [-0.15, -0.1) is 0 Å². The summed E-state index contributed by atoms with van der Waals surface area (Å²) in [4.78, 5) is 2.11. The first-order chi connectivity index (χ1) is 9.35. The first-order valence-corrected chi connectivity index (χ1v) is 7.36. The maximum absolute atomic E-state index is 14.2.